The first kappa shape index (κ1) is 54.9. The third kappa shape index (κ3) is 9.65. The first-order valence-electron chi connectivity index (χ1n) is 31.9. The van der Waals surface area contributed by atoms with Crippen LogP contribution < -0.4 is 0 Å². The number of para-hydroxylation sites is 5. The molecule has 0 amide bonds. The zero-order chi connectivity index (χ0) is 62.8. The smallest absolute Gasteiger partial charge is 0.235 e. The number of hydrogen-bond donors (Lipinski definition) is 0. The van der Waals surface area contributed by atoms with Crippen LogP contribution in [-0.2, 0) is 0 Å². The van der Waals surface area contributed by atoms with E-state index in [1.54, 1.807) is 0 Å². The van der Waals surface area contributed by atoms with E-state index >= 15 is 0 Å². The van der Waals surface area contributed by atoms with Crippen molar-refractivity contribution in [2.75, 3.05) is 0 Å². The summed E-state index contributed by atoms with van der Waals surface area (Å²) in [6, 6.07) is 114. The summed E-state index contributed by atoms with van der Waals surface area (Å²) in [6.07, 6.45) is 1.90. The molecule has 20 aromatic rings. The number of benzene rings is 14. The van der Waals surface area contributed by atoms with Crippen LogP contribution >= 0.6 is 0 Å². The van der Waals surface area contributed by atoms with Crippen LogP contribution in [0.4, 0.5) is 0 Å². The third-order valence-electron chi connectivity index (χ3n) is 18.2. The average molecular weight is 1210 g/mol. The summed E-state index contributed by atoms with van der Waals surface area (Å²) in [6.45, 7) is 0. The fourth-order valence-corrected chi connectivity index (χ4v) is 13.8. The second-order valence-electron chi connectivity index (χ2n) is 23.8. The van der Waals surface area contributed by atoms with Crippen LogP contribution in [0.1, 0.15) is 0 Å². The van der Waals surface area contributed by atoms with Crippen molar-refractivity contribution in [3.05, 3.63) is 334 Å². The largest absolute Gasteiger partial charge is 0.278 e. The molecule has 0 spiro atoms. The Morgan fingerprint density at radius 3 is 1.19 bits per heavy atom. The van der Waals surface area contributed by atoms with Gasteiger partial charge in [-0.15, -0.1) is 0 Å². The van der Waals surface area contributed by atoms with Crippen molar-refractivity contribution >= 4 is 120 Å². The van der Waals surface area contributed by atoms with Crippen molar-refractivity contribution in [1.29, 1.82) is 0 Å². The lowest BCUT2D eigenvalue weighted by Gasteiger charge is -2.12. The Morgan fingerprint density at radius 2 is 0.611 bits per heavy atom. The molecule has 0 aliphatic rings. The maximum Gasteiger partial charge on any atom is 0.235 e. The van der Waals surface area contributed by atoms with Crippen molar-refractivity contribution in [3.63, 3.8) is 0 Å². The third-order valence-corrected chi connectivity index (χ3v) is 18.2. The SMILES string of the molecule is c1ccc(-c2cc(-c3ccccc3)nc(-n3c4ccccc4c4cc5ccccc5cc43)n2)cc1.c1ccc(-c2nc(-n3c4ccccc4c4c5ccccc5ccc43)nc3ccccc23)cc1.c1ccc2cc3c(cc2c1)c1ccccc1n3-c1ncc2ccccc2n1. The quantitative estimate of drug-likeness (QED) is 0.165. The molecule has 0 N–H and O–H groups in total. The number of rotatable bonds is 6. The fourth-order valence-electron chi connectivity index (χ4n) is 13.8. The van der Waals surface area contributed by atoms with E-state index in [9.17, 15) is 0 Å². The Balaban J connectivity index is 0.000000105. The molecule has 444 valence electrons. The van der Waals surface area contributed by atoms with Crippen molar-refractivity contribution in [2.45, 2.75) is 0 Å². The maximum absolute atomic E-state index is 5.15. The summed E-state index contributed by atoms with van der Waals surface area (Å²) >= 11 is 0. The molecule has 95 heavy (non-hydrogen) atoms. The van der Waals surface area contributed by atoms with E-state index in [0.29, 0.717) is 17.8 Å². The van der Waals surface area contributed by atoms with Gasteiger partial charge in [-0.1, -0.05) is 261 Å². The predicted octanol–water partition coefficient (Wildman–Crippen LogP) is 21.5. The number of aromatic nitrogens is 9. The van der Waals surface area contributed by atoms with Crippen LogP contribution in [-0.4, -0.2) is 43.6 Å². The molecular weight excluding hydrogens is 1160 g/mol. The Morgan fingerprint density at radius 1 is 0.211 bits per heavy atom. The molecule has 0 saturated heterocycles. The molecule has 6 heterocycles. The van der Waals surface area contributed by atoms with Gasteiger partial charge in [0.25, 0.3) is 0 Å². The Hall–Kier alpha value is -13.0. The first-order chi connectivity index (χ1) is 47.1. The highest BCUT2D eigenvalue weighted by Crippen LogP contribution is 2.40. The number of fused-ring (bicyclic) bond motifs is 15. The van der Waals surface area contributed by atoms with Gasteiger partial charge in [0.15, 0.2) is 0 Å². The molecule has 6 aromatic heterocycles. The second kappa shape index (κ2) is 23.1. The maximum atomic E-state index is 5.15. The molecule has 14 aromatic carbocycles. The van der Waals surface area contributed by atoms with E-state index in [1.165, 1.54) is 64.6 Å². The van der Waals surface area contributed by atoms with E-state index in [-0.39, 0.29) is 0 Å². The molecule has 9 nitrogen and oxygen atoms in total. The van der Waals surface area contributed by atoms with Crippen LogP contribution in [0.3, 0.4) is 0 Å². The minimum Gasteiger partial charge on any atom is -0.278 e. The van der Waals surface area contributed by atoms with Gasteiger partial charge in [0.1, 0.15) is 0 Å². The normalized spacial score (nSPS) is 11.6. The highest BCUT2D eigenvalue weighted by atomic mass is 15.2. The standard InChI is InChI=1S/C32H21N3.C30H19N3.C24H15N3/c1-3-11-22(12-4-1)28-21-29(23-13-5-2-6-14-23)34-32(33-28)35-30-18-10-9-17-26(30)27-19-24-15-7-8-16-25(24)20-31(27)35;1-2-11-21(12-3-1)29-23-14-6-8-16-25(23)31-30(32-29)33-26-17-9-7-15-24(26)28-22-13-5-4-10-20(22)18-19-27(28)33;1-2-8-17-14-23-20(13-16(17)7-1)19-10-4-6-12-22(19)27(23)24-25-15-18-9-3-5-11-21(18)26-24/h1-21H;1-19H;1-15H. The van der Waals surface area contributed by atoms with Gasteiger partial charge in [-0.05, 0) is 99.0 Å². The monoisotopic (exact) mass is 1210 g/mol. The van der Waals surface area contributed by atoms with E-state index in [1.807, 2.05) is 85.1 Å². The molecule has 0 unspecified atom stereocenters. The molecule has 0 fully saturated rings. The van der Waals surface area contributed by atoms with Gasteiger partial charge >= 0.3 is 0 Å². The molecule has 0 bridgehead atoms. The fraction of sp³-hybridized carbons (Fsp3) is 0. The minimum atomic E-state index is 0.673. The van der Waals surface area contributed by atoms with Crippen LogP contribution in [0, 0.1) is 0 Å². The summed E-state index contributed by atoms with van der Waals surface area (Å²) < 4.78 is 6.58. The van der Waals surface area contributed by atoms with Crippen LogP contribution in [0.2, 0.25) is 0 Å². The zero-order valence-electron chi connectivity index (χ0n) is 51.3. The van der Waals surface area contributed by atoms with Gasteiger partial charge < -0.3 is 0 Å². The van der Waals surface area contributed by atoms with E-state index in [0.717, 1.165) is 88.7 Å². The molecule has 0 atom stereocenters. The lowest BCUT2D eigenvalue weighted by molar-refractivity contribution is 0.996. The Kier molecular flexibility index (Phi) is 13.3. The Labute approximate surface area is 545 Å². The lowest BCUT2D eigenvalue weighted by atomic mass is 10.0. The van der Waals surface area contributed by atoms with Gasteiger partial charge in [-0.2, -0.15) is 0 Å². The van der Waals surface area contributed by atoms with Crippen molar-refractivity contribution in [1.82, 2.24) is 43.6 Å². The minimum absolute atomic E-state index is 0.673. The van der Waals surface area contributed by atoms with Crippen LogP contribution in [0.5, 0.6) is 0 Å². The van der Waals surface area contributed by atoms with Crippen LogP contribution in [0.15, 0.2) is 334 Å². The van der Waals surface area contributed by atoms with Gasteiger partial charge in [0.2, 0.25) is 17.8 Å². The van der Waals surface area contributed by atoms with Crippen LogP contribution in [0.25, 0.3) is 171 Å². The zero-order valence-corrected chi connectivity index (χ0v) is 51.3. The Bertz CT molecular complexity index is 6300. The summed E-state index contributed by atoms with van der Waals surface area (Å²) in [5.41, 5.74) is 14.6. The van der Waals surface area contributed by atoms with E-state index in [4.69, 9.17) is 24.9 Å². The van der Waals surface area contributed by atoms with Gasteiger partial charge in [0.05, 0.1) is 61.2 Å². The predicted molar refractivity (Wildman–Crippen MR) is 393 cm³/mol. The van der Waals surface area contributed by atoms with Gasteiger partial charge in [0, 0.05) is 66.0 Å². The van der Waals surface area contributed by atoms with Crippen molar-refractivity contribution in [3.8, 4) is 51.6 Å². The molecule has 0 aliphatic carbocycles. The number of hydrogen-bond acceptors (Lipinski definition) is 6. The summed E-state index contributed by atoms with van der Waals surface area (Å²) in [4.78, 5) is 29.9. The molecular formula is C86H55N9. The number of nitrogens with zero attached hydrogens (tertiary/aromatic N) is 9. The van der Waals surface area contributed by atoms with Crippen molar-refractivity contribution in [2.24, 2.45) is 0 Å². The summed E-state index contributed by atoms with van der Waals surface area (Å²) in [7, 11) is 0. The highest BCUT2D eigenvalue weighted by molar-refractivity contribution is 6.21. The second-order valence-corrected chi connectivity index (χ2v) is 23.8. The molecule has 9 heteroatoms. The topological polar surface area (TPSA) is 92.1 Å². The van der Waals surface area contributed by atoms with Crippen molar-refractivity contribution < 1.29 is 0 Å². The summed E-state index contributed by atoms with van der Waals surface area (Å²) in [5.74, 6) is 2.07. The first-order valence-corrected chi connectivity index (χ1v) is 31.9. The van der Waals surface area contributed by atoms with Gasteiger partial charge in [-0.25, -0.2) is 29.9 Å². The van der Waals surface area contributed by atoms with E-state index in [2.05, 4.69) is 267 Å². The lowest BCUT2D eigenvalue weighted by Crippen LogP contribution is -2.04. The molecule has 0 radical (unpaired) electrons. The summed E-state index contributed by atoms with van der Waals surface area (Å²) in [5, 5.41) is 16.8. The molecule has 20 rings (SSSR count). The van der Waals surface area contributed by atoms with Gasteiger partial charge in [-0.3, -0.25) is 13.7 Å². The van der Waals surface area contributed by atoms with E-state index < -0.39 is 0 Å². The highest BCUT2D eigenvalue weighted by Gasteiger charge is 2.21. The molecule has 0 aliphatic heterocycles. The average Bonchev–Trinajstić information content (AvgIpc) is 1.60. The molecule has 0 saturated carbocycles.